The summed E-state index contributed by atoms with van der Waals surface area (Å²) < 4.78 is 18.8. The zero-order chi connectivity index (χ0) is 15.8. The monoisotopic (exact) mass is 435 g/mol. The Hall–Kier alpha value is -0.890. The molecule has 0 bridgehead atoms. The number of hydrogen-bond acceptors (Lipinski definition) is 2. The van der Waals surface area contributed by atoms with Crippen molar-refractivity contribution in [3.05, 3.63) is 35.6 Å². The van der Waals surface area contributed by atoms with Crippen LogP contribution in [-0.2, 0) is 11.3 Å². The SMILES string of the molecule is CCNC(=NCCOCC1CC1)N(C)Cc1cccc(F)c1.I. The maximum atomic E-state index is 13.2. The van der Waals surface area contributed by atoms with E-state index in [1.165, 1.54) is 18.9 Å². The van der Waals surface area contributed by atoms with Gasteiger partial charge >= 0.3 is 0 Å². The molecule has 1 saturated carbocycles. The fourth-order valence-electron chi connectivity index (χ4n) is 2.20. The van der Waals surface area contributed by atoms with E-state index in [4.69, 9.17) is 4.74 Å². The Bertz CT molecular complexity index is 494. The van der Waals surface area contributed by atoms with E-state index in [9.17, 15) is 4.39 Å². The van der Waals surface area contributed by atoms with Crippen LogP contribution < -0.4 is 5.32 Å². The molecule has 1 N–H and O–H groups in total. The van der Waals surface area contributed by atoms with Gasteiger partial charge in [-0.2, -0.15) is 0 Å². The highest BCUT2D eigenvalue weighted by atomic mass is 127. The van der Waals surface area contributed by atoms with E-state index in [1.54, 1.807) is 12.1 Å². The number of guanidine groups is 1. The minimum atomic E-state index is -0.207. The van der Waals surface area contributed by atoms with Gasteiger partial charge in [-0.3, -0.25) is 4.99 Å². The van der Waals surface area contributed by atoms with Gasteiger partial charge in [-0.05, 0) is 43.4 Å². The van der Waals surface area contributed by atoms with Gasteiger partial charge in [0, 0.05) is 26.7 Å². The Morgan fingerprint density at radius 1 is 1.43 bits per heavy atom. The van der Waals surface area contributed by atoms with Crippen LogP contribution in [0, 0.1) is 11.7 Å². The topological polar surface area (TPSA) is 36.9 Å². The van der Waals surface area contributed by atoms with Crippen LogP contribution in [0.1, 0.15) is 25.3 Å². The highest BCUT2D eigenvalue weighted by Gasteiger charge is 2.20. The Morgan fingerprint density at radius 3 is 2.87 bits per heavy atom. The number of nitrogens with one attached hydrogen (secondary N) is 1. The average Bonchev–Trinajstić information content (AvgIpc) is 3.30. The predicted octanol–water partition coefficient (Wildman–Crippen LogP) is 3.27. The molecule has 1 aromatic rings. The first-order valence-electron chi connectivity index (χ1n) is 8.00. The molecule has 0 aliphatic heterocycles. The summed E-state index contributed by atoms with van der Waals surface area (Å²) in [5.41, 5.74) is 0.929. The summed E-state index contributed by atoms with van der Waals surface area (Å²) in [5, 5.41) is 3.26. The lowest BCUT2D eigenvalue weighted by Gasteiger charge is -2.22. The van der Waals surface area contributed by atoms with Crippen molar-refractivity contribution in [1.29, 1.82) is 0 Å². The Balaban J connectivity index is 0.00000264. The first kappa shape index (κ1) is 20.2. The van der Waals surface area contributed by atoms with Gasteiger partial charge in [-0.15, -0.1) is 24.0 Å². The predicted molar refractivity (Wildman–Crippen MR) is 103 cm³/mol. The minimum absolute atomic E-state index is 0. The van der Waals surface area contributed by atoms with Crippen LogP contribution in [0.5, 0.6) is 0 Å². The molecule has 1 aliphatic carbocycles. The molecular weight excluding hydrogens is 408 g/mol. The summed E-state index contributed by atoms with van der Waals surface area (Å²) in [5.74, 6) is 1.40. The molecular formula is C17H27FIN3O. The quantitative estimate of drug-likeness (QED) is 0.295. The maximum Gasteiger partial charge on any atom is 0.194 e. The van der Waals surface area contributed by atoms with Crippen LogP contribution in [0.2, 0.25) is 0 Å². The van der Waals surface area contributed by atoms with Crippen LogP contribution in [0.15, 0.2) is 29.3 Å². The highest BCUT2D eigenvalue weighted by molar-refractivity contribution is 14.0. The lowest BCUT2D eigenvalue weighted by molar-refractivity contribution is 0.131. The van der Waals surface area contributed by atoms with Crippen molar-refractivity contribution in [2.24, 2.45) is 10.9 Å². The molecule has 0 radical (unpaired) electrons. The van der Waals surface area contributed by atoms with Gasteiger partial charge in [-0.25, -0.2) is 4.39 Å². The molecule has 1 fully saturated rings. The van der Waals surface area contributed by atoms with E-state index in [0.717, 1.165) is 30.6 Å². The Labute approximate surface area is 155 Å². The zero-order valence-electron chi connectivity index (χ0n) is 13.9. The Kier molecular flexibility index (Phi) is 9.47. The second-order valence-corrected chi connectivity index (χ2v) is 5.74. The van der Waals surface area contributed by atoms with E-state index in [0.29, 0.717) is 19.7 Å². The van der Waals surface area contributed by atoms with E-state index < -0.39 is 0 Å². The summed E-state index contributed by atoms with van der Waals surface area (Å²) in [6.07, 6.45) is 2.62. The van der Waals surface area contributed by atoms with E-state index in [1.807, 2.05) is 24.9 Å². The zero-order valence-corrected chi connectivity index (χ0v) is 16.3. The van der Waals surface area contributed by atoms with Crippen molar-refractivity contribution in [3.63, 3.8) is 0 Å². The third kappa shape index (κ3) is 7.97. The molecule has 0 spiro atoms. The second kappa shape index (κ2) is 10.8. The molecule has 2 rings (SSSR count). The van der Waals surface area contributed by atoms with Gasteiger partial charge in [0.05, 0.1) is 13.2 Å². The van der Waals surface area contributed by atoms with Crippen LogP contribution in [0.3, 0.4) is 0 Å². The largest absolute Gasteiger partial charge is 0.379 e. The number of benzene rings is 1. The van der Waals surface area contributed by atoms with E-state index >= 15 is 0 Å². The van der Waals surface area contributed by atoms with E-state index in [-0.39, 0.29) is 29.8 Å². The van der Waals surface area contributed by atoms with Gasteiger partial charge in [0.2, 0.25) is 0 Å². The third-order valence-corrected chi connectivity index (χ3v) is 3.55. The molecule has 0 aromatic heterocycles. The van der Waals surface area contributed by atoms with Crippen LogP contribution in [0.4, 0.5) is 4.39 Å². The van der Waals surface area contributed by atoms with Crippen molar-refractivity contribution in [3.8, 4) is 0 Å². The smallest absolute Gasteiger partial charge is 0.194 e. The molecule has 0 amide bonds. The average molecular weight is 435 g/mol. The van der Waals surface area contributed by atoms with Crippen LogP contribution in [-0.4, -0.2) is 44.2 Å². The summed E-state index contributed by atoms with van der Waals surface area (Å²) >= 11 is 0. The first-order chi connectivity index (χ1) is 10.7. The van der Waals surface area contributed by atoms with Gasteiger partial charge in [0.15, 0.2) is 5.96 Å². The van der Waals surface area contributed by atoms with Crippen molar-refractivity contribution >= 4 is 29.9 Å². The first-order valence-corrected chi connectivity index (χ1v) is 8.00. The van der Waals surface area contributed by atoms with Crippen LogP contribution in [0.25, 0.3) is 0 Å². The lowest BCUT2D eigenvalue weighted by Crippen LogP contribution is -2.38. The molecule has 130 valence electrons. The van der Waals surface area contributed by atoms with Crippen molar-refractivity contribution in [2.45, 2.75) is 26.3 Å². The molecule has 1 aliphatic rings. The standard InChI is InChI=1S/C17H26FN3O.HI/c1-3-19-17(20-9-10-22-13-14-7-8-14)21(2)12-15-5-4-6-16(18)11-15;/h4-6,11,14H,3,7-10,12-13H2,1-2H3,(H,19,20);1H. The number of rotatable bonds is 8. The number of nitrogens with zero attached hydrogens (tertiary/aromatic N) is 2. The number of halogens is 2. The molecule has 0 heterocycles. The summed E-state index contributed by atoms with van der Waals surface area (Å²) in [6.45, 7) is 5.61. The minimum Gasteiger partial charge on any atom is -0.379 e. The lowest BCUT2D eigenvalue weighted by atomic mass is 10.2. The van der Waals surface area contributed by atoms with Gasteiger partial charge in [0.1, 0.15) is 5.82 Å². The molecule has 0 unspecified atom stereocenters. The van der Waals surface area contributed by atoms with Crippen molar-refractivity contribution in [2.75, 3.05) is 33.4 Å². The van der Waals surface area contributed by atoms with Gasteiger partial charge in [-0.1, -0.05) is 12.1 Å². The van der Waals surface area contributed by atoms with Crippen LogP contribution >= 0.6 is 24.0 Å². The fourth-order valence-corrected chi connectivity index (χ4v) is 2.20. The summed E-state index contributed by atoms with van der Waals surface area (Å²) in [6, 6.07) is 6.66. The Morgan fingerprint density at radius 2 is 2.22 bits per heavy atom. The van der Waals surface area contributed by atoms with Gasteiger partial charge in [0.25, 0.3) is 0 Å². The molecule has 4 nitrogen and oxygen atoms in total. The number of hydrogen-bond donors (Lipinski definition) is 1. The highest BCUT2D eigenvalue weighted by Crippen LogP contribution is 2.28. The molecule has 0 saturated heterocycles. The number of aliphatic imine (C=N–C) groups is 1. The number of ether oxygens (including phenoxy) is 1. The third-order valence-electron chi connectivity index (χ3n) is 3.55. The van der Waals surface area contributed by atoms with Crippen molar-refractivity contribution in [1.82, 2.24) is 10.2 Å². The summed E-state index contributed by atoms with van der Waals surface area (Å²) in [4.78, 5) is 6.56. The normalized spacial score (nSPS) is 14.3. The molecule has 6 heteroatoms. The van der Waals surface area contributed by atoms with Crippen molar-refractivity contribution < 1.29 is 9.13 Å². The molecule has 0 atom stereocenters. The molecule has 1 aromatic carbocycles. The van der Waals surface area contributed by atoms with Gasteiger partial charge < -0.3 is 15.0 Å². The van der Waals surface area contributed by atoms with E-state index in [2.05, 4.69) is 10.3 Å². The second-order valence-electron chi connectivity index (χ2n) is 5.74. The fraction of sp³-hybridized carbons (Fsp3) is 0.588. The summed E-state index contributed by atoms with van der Waals surface area (Å²) in [7, 11) is 1.96. The molecule has 23 heavy (non-hydrogen) atoms. The maximum absolute atomic E-state index is 13.2.